The van der Waals surface area contributed by atoms with Gasteiger partial charge in [0.15, 0.2) is 0 Å². The van der Waals surface area contributed by atoms with Gasteiger partial charge in [0.25, 0.3) is 0 Å². The van der Waals surface area contributed by atoms with Crippen molar-refractivity contribution in [2.45, 2.75) is 46.0 Å². The van der Waals surface area contributed by atoms with E-state index in [4.69, 9.17) is 0 Å². The van der Waals surface area contributed by atoms with Crippen LogP contribution < -0.4 is 0 Å². The van der Waals surface area contributed by atoms with Crippen LogP contribution in [0.3, 0.4) is 0 Å². The first-order chi connectivity index (χ1) is 16.6. The molecule has 0 bridgehead atoms. The van der Waals surface area contributed by atoms with E-state index in [0.717, 1.165) is 44.5 Å². The Balaban J connectivity index is 1.88. The van der Waals surface area contributed by atoms with E-state index in [9.17, 15) is 20.4 Å². The predicted molar refractivity (Wildman–Crippen MR) is 140 cm³/mol. The zero-order chi connectivity index (χ0) is 25.3. The minimum absolute atomic E-state index is 0.0261. The van der Waals surface area contributed by atoms with Crippen LogP contribution in [0, 0.1) is 27.7 Å². The van der Waals surface area contributed by atoms with E-state index in [-0.39, 0.29) is 34.8 Å². The van der Waals surface area contributed by atoms with Gasteiger partial charge in [0.05, 0.1) is 0 Å². The first kappa shape index (κ1) is 24.2. The van der Waals surface area contributed by atoms with Crippen LogP contribution in [0.4, 0.5) is 0 Å². The average molecular weight is 469 g/mol. The minimum atomic E-state index is -0.0261. The standard InChI is InChI=1S/C31H32O4/c1-18-13-22(5-9-28(18)32)26(23-6-10-29(33)19(2)14-23)17-27(24-7-11-30(34)20(3)15-24)25-8-12-31(35)21(4)16-25/h5-16,26-27,32-35H,17H2,1-4H3. The van der Waals surface area contributed by atoms with Gasteiger partial charge in [0, 0.05) is 11.8 Å². The molecule has 0 aliphatic heterocycles. The molecule has 4 heteroatoms. The molecule has 0 amide bonds. The molecule has 35 heavy (non-hydrogen) atoms. The maximum absolute atomic E-state index is 10.1. The van der Waals surface area contributed by atoms with Gasteiger partial charge in [0.2, 0.25) is 0 Å². The lowest BCUT2D eigenvalue weighted by Gasteiger charge is -2.27. The van der Waals surface area contributed by atoms with Crippen molar-refractivity contribution in [3.63, 3.8) is 0 Å². The zero-order valence-corrected chi connectivity index (χ0v) is 20.6. The summed E-state index contributed by atoms with van der Waals surface area (Å²) >= 11 is 0. The molecule has 4 aromatic carbocycles. The minimum Gasteiger partial charge on any atom is -0.508 e. The second-order valence-corrected chi connectivity index (χ2v) is 9.52. The van der Waals surface area contributed by atoms with Crippen molar-refractivity contribution in [1.82, 2.24) is 0 Å². The Hall–Kier alpha value is -3.92. The van der Waals surface area contributed by atoms with Crippen LogP contribution in [-0.2, 0) is 0 Å². The maximum atomic E-state index is 10.1. The molecule has 4 N–H and O–H groups in total. The molecule has 0 spiro atoms. The Morgan fingerprint density at radius 2 is 0.657 bits per heavy atom. The first-order valence-corrected chi connectivity index (χ1v) is 11.8. The Kier molecular flexibility index (Phi) is 6.74. The number of hydrogen-bond donors (Lipinski definition) is 4. The maximum Gasteiger partial charge on any atom is 0.118 e. The van der Waals surface area contributed by atoms with Crippen LogP contribution in [0.5, 0.6) is 23.0 Å². The van der Waals surface area contributed by atoms with Crippen LogP contribution in [0.25, 0.3) is 0 Å². The third-order valence-electron chi connectivity index (χ3n) is 6.96. The van der Waals surface area contributed by atoms with Crippen molar-refractivity contribution in [2.24, 2.45) is 0 Å². The van der Waals surface area contributed by atoms with Crippen molar-refractivity contribution in [3.8, 4) is 23.0 Å². The topological polar surface area (TPSA) is 80.9 Å². The van der Waals surface area contributed by atoms with Crippen LogP contribution in [0.15, 0.2) is 72.8 Å². The fourth-order valence-corrected chi connectivity index (χ4v) is 4.75. The molecule has 0 aliphatic rings. The summed E-state index contributed by atoms with van der Waals surface area (Å²) < 4.78 is 0. The Morgan fingerprint density at radius 1 is 0.429 bits per heavy atom. The summed E-state index contributed by atoms with van der Waals surface area (Å²) in [5.41, 5.74) is 7.51. The zero-order valence-electron chi connectivity index (χ0n) is 20.6. The first-order valence-electron chi connectivity index (χ1n) is 11.8. The highest BCUT2D eigenvalue weighted by Gasteiger charge is 2.25. The molecule has 4 aromatic rings. The van der Waals surface area contributed by atoms with E-state index in [1.165, 1.54) is 0 Å². The summed E-state index contributed by atoms with van der Waals surface area (Å²) in [6, 6.07) is 22.8. The summed E-state index contributed by atoms with van der Waals surface area (Å²) in [5, 5.41) is 40.6. The number of phenols is 4. The van der Waals surface area contributed by atoms with Gasteiger partial charge in [-0.05, 0) is 103 Å². The van der Waals surface area contributed by atoms with Crippen LogP contribution >= 0.6 is 0 Å². The molecule has 0 aromatic heterocycles. The van der Waals surface area contributed by atoms with Crippen molar-refractivity contribution in [2.75, 3.05) is 0 Å². The third kappa shape index (κ3) is 5.12. The van der Waals surface area contributed by atoms with Gasteiger partial charge < -0.3 is 20.4 Å². The van der Waals surface area contributed by atoms with Gasteiger partial charge in [-0.1, -0.05) is 48.5 Å². The van der Waals surface area contributed by atoms with Crippen molar-refractivity contribution in [3.05, 3.63) is 117 Å². The summed E-state index contributed by atoms with van der Waals surface area (Å²) in [7, 11) is 0. The molecule has 180 valence electrons. The van der Waals surface area contributed by atoms with Crippen molar-refractivity contribution in [1.29, 1.82) is 0 Å². The molecule has 0 heterocycles. The Bertz CT molecular complexity index is 1160. The molecule has 0 unspecified atom stereocenters. The van der Waals surface area contributed by atoms with Crippen LogP contribution in [-0.4, -0.2) is 20.4 Å². The summed E-state index contributed by atoms with van der Waals surface area (Å²) in [6.07, 6.45) is 0.711. The molecule has 0 saturated heterocycles. The quantitative estimate of drug-likeness (QED) is 0.243. The van der Waals surface area contributed by atoms with Crippen LogP contribution in [0.2, 0.25) is 0 Å². The van der Waals surface area contributed by atoms with E-state index in [0.29, 0.717) is 6.42 Å². The molecule has 0 aliphatic carbocycles. The fourth-order valence-electron chi connectivity index (χ4n) is 4.75. The molecule has 4 nitrogen and oxygen atoms in total. The lowest BCUT2D eigenvalue weighted by Crippen LogP contribution is -2.11. The second-order valence-electron chi connectivity index (χ2n) is 9.52. The van der Waals surface area contributed by atoms with Crippen molar-refractivity contribution < 1.29 is 20.4 Å². The lowest BCUT2D eigenvalue weighted by molar-refractivity contribution is 0.470. The average Bonchev–Trinajstić information content (AvgIpc) is 2.82. The number of aryl methyl sites for hydroxylation is 4. The van der Waals surface area contributed by atoms with Gasteiger partial charge in [-0.3, -0.25) is 0 Å². The Morgan fingerprint density at radius 3 is 0.857 bits per heavy atom. The molecular formula is C31H32O4. The highest BCUT2D eigenvalue weighted by Crippen LogP contribution is 2.42. The van der Waals surface area contributed by atoms with Gasteiger partial charge in [0.1, 0.15) is 23.0 Å². The molecule has 0 fully saturated rings. The Labute approximate surface area is 206 Å². The second kappa shape index (κ2) is 9.75. The van der Waals surface area contributed by atoms with E-state index in [1.54, 1.807) is 24.3 Å². The third-order valence-corrected chi connectivity index (χ3v) is 6.96. The number of benzene rings is 4. The number of hydrogen-bond acceptors (Lipinski definition) is 4. The van der Waals surface area contributed by atoms with Gasteiger partial charge in [-0.15, -0.1) is 0 Å². The van der Waals surface area contributed by atoms with E-state index >= 15 is 0 Å². The van der Waals surface area contributed by atoms with Crippen LogP contribution in [0.1, 0.15) is 62.8 Å². The molecule has 0 atom stereocenters. The smallest absolute Gasteiger partial charge is 0.118 e. The highest BCUT2D eigenvalue weighted by molar-refractivity contribution is 5.47. The van der Waals surface area contributed by atoms with E-state index < -0.39 is 0 Å². The summed E-state index contributed by atoms with van der Waals surface area (Å²) in [6.45, 7) is 7.56. The fraction of sp³-hybridized carbons (Fsp3) is 0.226. The van der Waals surface area contributed by atoms with E-state index in [1.807, 2.05) is 76.2 Å². The van der Waals surface area contributed by atoms with Crippen molar-refractivity contribution >= 4 is 0 Å². The molecular weight excluding hydrogens is 436 g/mol. The largest absolute Gasteiger partial charge is 0.508 e. The van der Waals surface area contributed by atoms with E-state index in [2.05, 4.69) is 0 Å². The SMILES string of the molecule is Cc1cc(C(CC(c2ccc(O)c(C)c2)c2ccc(O)c(C)c2)c2ccc(O)c(C)c2)ccc1O. The number of aromatic hydroxyl groups is 4. The normalized spacial score (nSPS) is 11.4. The highest BCUT2D eigenvalue weighted by atomic mass is 16.3. The van der Waals surface area contributed by atoms with Gasteiger partial charge in [-0.2, -0.15) is 0 Å². The number of rotatable bonds is 6. The molecule has 4 rings (SSSR count). The summed E-state index contributed by atoms with van der Waals surface area (Å²) in [5.74, 6) is 0.982. The van der Waals surface area contributed by atoms with Gasteiger partial charge >= 0.3 is 0 Å². The molecule has 0 radical (unpaired) electrons. The predicted octanol–water partition coefficient (Wildman–Crippen LogP) is 7.10. The molecule has 0 saturated carbocycles. The monoisotopic (exact) mass is 468 g/mol. The lowest BCUT2D eigenvalue weighted by atomic mass is 9.77. The number of phenolic OH excluding ortho intramolecular Hbond substituents is 4. The van der Waals surface area contributed by atoms with Gasteiger partial charge in [-0.25, -0.2) is 0 Å². The summed E-state index contributed by atoms with van der Waals surface area (Å²) in [4.78, 5) is 0.